The number of fused-ring (bicyclic) bond motifs is 3. The standard InChI is InChI=1S/C22H14F5N3O2/c1-29(2)8-14(31)11-7-13(30-9-28-12-6-4-3-5-10(12)21(11)30)22(32)15-16(23)18(25)20(27)19(26)17(15)24/h3-7,9H,8H2,1-2H3. The summed E-state index contributed by atoms with van der Waals surface area (Å²) in [6, 6.07) is 7.75. The molecule has 0 saturated heterocycles. The number of ketones is 2. The van der Waals surface area contributed by atoms with Crippen LogP contribution in [0.4, 0.5) is 22.0 Å². The summed E-state index contributed by atoms with van der Waals surface area (Å²) < 4.78 is 70.5. The van der Waals surface area contributed by atoms with Crippen molar-refractivity contribution in [1.82, 2.24) is 14.3 Å². The molecule has 32 heavy (non-hydrogen) atoms. The SMILES string of the molecule is CN(C)CC(=O)c1cc(C(=O)c2c(F)c(F)c(F)c(F)c2F)n2cnc3ccccc3c12. The van der Waals surface area contributed by atoms with Gasteiger partial charge in [-0.25, -0.2) is 26.9 Å². The highest BCUT2D eigenvalue weighted by molar-refractivity contribution is 6.16. The molecule has 0 spiro atoms. The lowest BCUT2D eigenvalue weighted by atomic mass is 10.0. The molecule has 0 saturated carbocycles. The van der Waals surface area contributed by atoms with Gasteiger partial charge in [0.2, 0.25) is 11.6 Å². The molecule has 2 aromatic heterocycles. The predicted molar refractivity (Wildman–Crippen MR) is 105 cm³/mol. The van der Waals surface area contributed by atoms with Crippen LogP contribution in [0.5, 0.6) is 0 Å². The van der Waals surface area contributed by atoms with Gasteiger partial charge in [0.25, 0.3) is 0 Å². The monoisotopic (exact) mass is 447 g/mol. The number of hydrogen-bond acceptors (Lipinski definition) is 4. The lowest BCUT2D eigenvalue weighted by Gasteiger charge is -2.09. The molecule has 2 heterocycles. The van der Waals surface area contributed by atoms with E-state index in [0.29, 0.717) is 10.9 Å². The van der Waals surface area contributed by atoms with E-state index < -0.39 is 51.9 Å². The largest absolute Gasteiger partial charge is 0.302 e. The Balaban J connectivity index is 2.04. The number of carbonyl (C=O) groups excluding carboxylic acids is 2. The smallest absolute Gasteiger partial charge is 0.215 e. The zero-order valence-corrected chi connectivity index (χ0v) is 16.7. The van der Waals surface area contributed by atoms with Crippen molar-refractivity contribution in [2.75, 3.05) is 20.6 Å². The fourth-order valence-electron chi connectivity index (χ4n) is 3.52. The number of Topliss-reactive ketones (excluding diaryl/α,β-unsaturated/α-hetero) is 1. The van der Waals surface area contributed by atoms with Crippen molar-refractivity contribution in [3.63, 3.8) is 0 Å². The Morgan fingerprint density at radius 1 is 0.938 bits per heavy atom. The molecule has 0 aliphatic heterocycles. The molecule has 0 N–H and O–H groups in total. The van der Waals surface area contributed by atoms with Crippen LogP contribution in [-0.4, -0.2) is 46.5 Å². The van der Waals surface area contributed by atoms with Gasteiger partial charge in [-0.2, -0.15) is 0 Å². The number of nitrogens with zero attached hydrogens (tertiary/aromatic N) is 3. The summed E-state index contributed by atoms with van der Waals surface area (Å²) in [4.78, 5) is 31.6. The number of para-hydroxylation sites is 1. The van der Waals surface area contributed by atoms with E-state index in [0.717, 1.165) is 16.8 Å². The summed E-state index contributed by atoms with van der Waals surface area (Å²) in [7, 11) is 3.30. The highest BCUT2D eigenvalue weighted by Crippen LogP contribution is 2.30. The van der Waals surface area contributed by atoms with Gasteiger partial charge in [-0.3, -0.25) is 14.0 Å². The molecule has 0 radical (unpaired) electrons. The number of rotatable bonds is 5. The molecule has 4 rings (SSSR count). The van der Waals surface area contributed by atoms with Gasteiger partial charge in [-0.15, -0.1) is 0 Å². The van der Waals surface area contributed by atoms with Crippen LogP contribution in [0.25, 0.3) is 16.4 Å². The molecule has 2 aromatic carbocycles. The average Bonchev–Trinajstić information content (AvgIpc) is 3.16. The van der Waals surface area contributed by atoms with Crippen LogP contribution in [0.15, 0.2) is 36.7 Å². The minimum absolute atomic E-state index is 0.0459. The molecule has 0 fully saturated rings. The van der Waals surface area contributed by atoms with E-state index in [1.165, 1.54) is 0 Å². The maximum absolute atomic E-state index is 14.3. The van der Waals surface area contributed by atoms with E-state index >= 15 is 0 Å². The minimum atomic E-state index is -2.37. The number of likely N-dealkylation sites (N-methyl/N-ethyl adjacent to an activating group) is 1. The number of benzene rings is 2. The summed E-state index contributed by atoms with van der Waals surface area (Å²) in [5.74, 6) is -13.2. The van der Waals surface area contributed by atoms with Crippen LogP contribution >= 0.6 is 0 Å². The van der Waals surface area contributed by atoms with Crippen molar-refractivity contribution in [2.45, 2.75) is 0 Å². The maximum Gasteiger partial charge on any atom is 0.215 e. The Bertz CT molecular complexity index is 1400. The fraction of sp³-hybridized carbons (Fsp3) is 0.136. The zero-order valence-electron chi connectivity index (χ0n) is 16.7. The molecule has 164 valence electrons. The van der Waals surface area contributed by atoms with E-state index in [4.69, 9.17) is 0 Å². The van der Waals surface area contributed by atoms with Crippen molar-refractivity contribution >= 4 is 28.0 Å². The number of carbonyl (C=O) groups is 2. The van der Waals surface area contributed by atoms with Crippen LogP contribution in [0, 0.1) is 29.1 Å². The van der Waals surface area contributed by atoms with Gasteiger partial charge < -0.3 is 4.90 Å². The van der Waals surface area contributed by atoms with Gasteiger partial charge in [0.15, 0.2) is 29.1 Å². The second-order valence-electron chi connectivity index (χ2n) is 7.36. The first-order valence-corrected chi connectivity index (χ1v) is 9.26. The topological polar surface area (TPSA) is 54.7 Å². The van der Waals surface area contributed by atoms with E-state index in [1.54, 1.807) is 43.3 Å². The van der Waals surface area contributed by atoms with Gasteiger partial charge in [0.05, 0.1) is 23.3 Å². The Morgan fingerprint density at radius 3 is 2.16 bits per heavy atom. The van der Waals surface area contributed by atoms with Crippen molar-refractivity contribution in [3.8, 4) is 0 Å². The summed E-state index contributed by atoms with van der Waals surface area (Å²) >= 11 is 0. The first-order chi connectivity index (χ1) is 15.1. The maximum atomic E-state index is 14.3. The van der Waals surface area contributed by atoms with E-state index in [2.05, 4.69) is 4.98 Å². The van der Waals surface area contributed by atoms with E-state index in [9.17, 15) is 31.5 Å². The third-order valence-corrected chi connectivity index (χ3v) is 4.94. The van der Waals surface area contributed by atoms with Crippen molar-refractivity contribution in [3.05, 3.63) is 82.6 Å². The van der Waals surface area contributed by atoms with Crippen LogP contribution in [-0.2, 0) is 0 Å². The third kappa shape index (κ3) is 3.23. The van der Waals surface area contributed by atoms with Crippen molar-refractivity contribution in [2.24, 2.45) is 0 Å². The van der Waals surface area contributed by atoms with Crippen LogP contribution in [0.3, 0.4) is 0 Å². The summed E-state index contributed by atoms with van der Waals surface area (Å²) in [5, 5.41) is 0.466. The summed E-state index contributed by atoms with van der Waals surface area (Å²) in [5.41, 5.74) is -1.32. The van der Waals surface area contributed by atoms with Gasteiger partial charge >= 0.3 is 0 Å². The molecule has 0 unspecified atom stereocenters. The van der Waals surface area contributed by atoms with Gasteiger partial charge in [0.1, 0.15) is 11.9 Å². The van der Waals surface area contributed by atoms with Crippen molar-refractivity contribution in [1.29, 1.82) is 0 Å². The summed E-state index contributed by atoms with van der Waals surface area (Å²) in [6.07, 6.45) is 1.16. The highest BCUT2D eigenvalue weighted by Gasteiger charge is 2.32. The molecule has 0 aliphatic carbocycles. The van der Waals surface area contributed by atoms with Crippen LogP contribution in [0.1, 0.15) is 26.4 Å². The summed E-state index contributed by atoms with van der Waals surface area (Å²) in [6.45, 7) is -0.0491. The van der Waals surface area contributed by atoms with E-state index in [-0.39, 0.29) is 17.6 Å². The Hall–Kier alpha value is -3.66. The quantitative estimate of drug-likeness (QED) is 0.200. The number of aromatic nitrogens is 2. The molecule has 10 heteroatoms. The molecule has 5 nitrogen and oxygen atoms in total. The average molecular weight is 447 g/mol. The molecular formula is C22H14F5N3O2. The van der Waals surface area contributed by atoms with Gasteiger partial charge in [-0.05, 0) is 26.2 Å². The van der Waals surface area contributed by atoms with Crippen LogP contribution in [0.2, 0.25) is 0 Å². The second-order valence-corrected chi connectivity index (χ2v) is 7.36. The predicted octanol–water partition coefficient (Wildman–Crippen LogP) is 4.16. The molecule has 0 atom stereocenters. The second kappa shape index (κ2) is 7.79. The lowest BCUT2D eigenvalue weighted by molar-refractivity contribution is 0.0959. The highest BCUT2D eigenvalue weighted by atomic mass is 19.2. The zero-order chi connectivity index (χ0) is 23.3. The first kappa shape index (κ1) is 21.6. The van der Waals surface area contributed by atoms with Crippen LogP contribution < -0.4 is 0 Å². The molecule has 0 aliphatic rings. The molecule has 0 amide bonds. The third-order valence-electron chi connectivity index (χ3n) is 4.94. The molecular weight excluding hydrogens is 433 g/mol. The molecule has 4 aromatic rings. The Morgan fingerprint density at radius 2 is 1.53 bits per heavy atom. The van der Waals surface area contributed by atoms with E-state index in [1.807, 2.05) is 0 Å². The van der Waals surface area contributed by atoms with Gasteiger partial charge in [0, 0.05) is 10.9 Å². The lowest BCUT2D eigenvalue weighted by Crippen LogP contribution is -2.21. The van der Waals surface area contributed by atoms with Gasteiger partial charge in [-0.1, -0.05) is 18.2 Å². The normalized spacial score (nSPS) is 11.6. The Kier molecular flexibility index (Phi) is 5.25. The fourth-order valence-corrected chi connectivity index (χ4v) is 3.52. The van der Waals surface area contributed by atoms with Crippen molar-refractivity contribution < 1.29 is 31.5 Å². The number of halogens is 5. The Labute approximate surface area is 177 Å². The number of hydrogen-bond donors (Lipinski definition) is 0. The molecule has 0 bridgehead atoms. The first-order valence-electron chi connectivity index (χ1n) is 9.26. The minimum Gasteiger partial charge on any atom is -0.302 e.